The highest BCUT2D eigenvalue weighted by molar-refractivity contribution is 5.87. The molecule has 110 valence electrons. The summed E-state index contributed by atoms with van der Waals surface area (Å²) in [6.45, 7) is 6.23. The average molecular weight is 288 g/mol. The lowest BCUT2D eigenvalue weighted by atomic mass is 9.87. The van der Waals surface area contributed by atoms with Gasteiger partial charge < -0.3 is 9.84 Å². The summed E-state index contributed by atoms with van der Waals surface area (Å²) in [6.07, 6.45) is 0. The van der Waals surface area contributed by atoms with Gasteiger partial charge in [-0.1, -0.05) is 32.9 Å². The van der Waals surface area contributed by atoms with Gasteiger partial charge in [-0.2, -0.15) is 0 Å². The minimum absolute atomic E-state index is 0.00561. The highest BCUT2D eigenvalue weighted by atomic mass is 19.1. The summed E-state index contributed by atoms with van der Waals surface area (Å²) >= 11 is 0. The molecule has 3 nitrogen and oxygen atoms in total. The summed E-state index contributed by atoms with van der Waals surface area (Å²) in [7, 11) is 0. The molecule has 1 N–H and O–H groups in total. The summed E-state index contributed by atoms with van der Waals surface area (Å²) < 4.78 is 19.4. The van der Waals surface area contributed by atoms with E-state index in [0.29, 0.717) is 5.75 Å². The van der Waals surface area contributed by atoms with Crippen molar-refractivity contribution < 1.29 is 19.0 Å². The molecule has 0 unspecified atom stereocenters. The lowest BCUT2D eigenvalue weighted by Crippen LogP contribution is -2.10. The van der Waals surface area contributed by atoms with E-state index < -0.39 is 11.8 Å². The normalized spacial score (nSPS) is 11.2. The third-order valence-corrected chi connectivity index (χ3v) is 3.11. The van der Waals surface area contributed by atoms with E-state index in [2.05, 4.69) is 20.8 Å². The minimum Gasteiger partial charge on any atom is -0.478 e. The molecule has 0 bridgehead atoms. The van der Waals surface area contributed by atoms with Gasteiger partial charge >= 0.3 is 5.97 Å². The second-order valence-corrected chi connectivity index (χ2v) is 5.83. The predicted octanol–water partition coefficient (Wildman–Crippen LogP) is 4.61. The number of ether oxygens (including phenoxy) is 1. The van der Waals surface area contributed by atoms with Crippen molar-refractivity contribution in [2.45, 2.75) is 26.2 Å². The Morgan fingerprint density at radius 2 is 1.86 bits per heavy atom. The number of aromatic carboxylic acids is 1. The predicted molar refractivity (Wildman–Crippen MR) is 78.6 cm³/mol. The zero-order valence-electron chi connectivity index (χ0n) is 12.2. The maximum absolute atomic E-state index is 13.8. The number of carbonyl (C=O) groups is 1. The summed E-state index contributed by atoms with van der Waals surface area (Å²) in [4.78, 5) is 10.8. The van der Waals surface area contributed by atoms with E-state index in [1.165, 1.54) is 12.1 Å². The van der Waals surface area contributed by atoms with Crippen LogP contribution in [0.4, 0.5) is 4.39 Å². The van der Waals surface area contributed by atoms with E-state index in [1.807, 2.05) is 18.2 Å². The molecule has 0 aliphatic rings. The van der Waals surface area contributed by atoms with Gasteiger partial charge in [0.05, 0.1) is 5.56 Å². The SMILES string of the molecule is CC(C)(C)c1cccc(Oc2ccc(C(=O)O)cc2F)c1. The maximum Gasteiger partial charge on any atom is 0.335 e. The fourth-order valence-corrected chi connectivity index (χ4v) is 1.87. The Hall–Kier alpha value is -2.36. The highest BCUT2D eigenvalue weighted by Gasteiger charge is 2.15. The number of carboxylic acid groups (broad SMARTS) is 1. The lowest BCUT2D eigenvalue weighted by molar-refractivity contribution is 0.0696. The Kier molecular flexibility index (Phi) is 3.98. The molecular weight excluding hydrogens is 271 g/mol. The molecule has 0 spiro atoms. The maximum atomic E-state index is 13.8. The van der Waals surface area contributed by atoms with Crippen molar-refractivity contribution in [3.05, 3.63) is 59.4 Å². The second kappa shape index (κ2) is 5.56. The van der Waals surface area contributed by atoms with Crippen LogP contribution in [-0.4, -0.2) is 11.1 Å². The van der Waals surface area contributed by atoms with Crippen molar-refractivity contribution in [2.24, 2.45) is 0 Å². The number of benzene rings is 2. The van der Waals surface area contributed by atoms with Gasteiger partial charge in [-0.3, -0.25) is 0 Å². The molecule has 0 heterocycles. The van der Waals surface area contributed by atoms with E-state index in [9.17, 15) is 9.18 Å². The smallest absolute Gasteiger partial charge is 0.335 e. The van der Waals surface area contributed by atoms with E-state index >= 15 is 0 Å². The standard InChI is InChI=1S/C17H17FO3/c1-17(2,3)12-5-4-6-13(10-12)21-15-8-7-11(16(19)20)9-14(15)18/h4-10H,1-3H3,(H,19,20). The molecule has 0 atom stereocenters. The summed E-state index contributed by atoms with van der Waals surface area (Å²) in [5, 5.41) is 8.81. The fourth-order valence-electron chi connectivity index (χ4n) is 1.87. The van der Waals surface area contributed by atoms with E-state index in [1.54, 1.807) is 6.07 Å². The van der Waals surface area contributed by atoms with Gasteiger partial charge in [0, 0.05) is 0 Å². The van der Waals surface area contributed by atoms with Crippen LogP contribution in [0.25, 0.3) is 0 Å². The molecule has 2 aromatic carbocycles. The van der Waals surface area contributed by atoms with Crippen LogP contribution in [0.1, 0.15) is 36.7 Å². The molecule has 2 rings (SSSR count). The monoisotopic (exact) mass is 288 g/mol. The van der Waals surface area contributed by atoms with Crippen LogP contribution in [0.5, 0.6) is 11.5 Å². The molecule has 0 aliphatic carbocycles. The molecule has 0 aliphatic heterocycles. The van der Waals surface area contributed by atoms with Crippen LogP contribution in [-0.2, 0) is 5.41 Å². The quantitative estimate of drug-likeness (QED) is 0.896. The zero-order valence-corrected chi connectivity index (χ0v) is 12.2. The Morgan fingerprint density at radius 3 is 2.43 bits per heavy atom. The molecule has 0 amide bonds. The second-order valence-electron chi connectivity index (χ2n) is 5.83. The molecule has 21 heavy (non-hydrogen) atoms. The van der Waals surface area contributed by atoms with Crippen LogP contribution in [0.2, 0.25) is 0 Å². The third-order valence-electron chi connectivity index (χ3n) is 3.11. The van der Waals surface area contributed by atoms with Crippen LogP contribution in [0, 0.1) is 5.82 Å². The van der Waals surface area contributed by atoms with Gasteiger partial charge in [-0.05, 0) is 41.3 Å². The number of hydrogen-bond acceptors (Lipinski definition) is 2. The van der Waals surface area contributed by atoms with Gasteiger partial charge in [0.15, 0.2) is 11.6 Å². The fraction of sp³-hybridized carbons (Fsp3) is 0.235. The largest absolute Gasteiger partial charge is 0.478 e. The van der Waals surface area contributed by atoms with Crippen LogP contribution < -0.4 is 4.74 Å². The third kappa shape index (κ3) is 3.60. The zero-order chi connectivity index (χ0) is 15.6. The summed E-state index contributed by atoms with van der Waals surface area (Å²) in [5.74, 6) is -1.35. The van der Waals surface area contributed by atoms with Crippen molar-refractivity contribution in [3.8, 4) is 11.5 Å². The van der Waals surface area contributed by atoms with Crippen molar-refractivity contribution in [2.75, 3.05) is 0 Å². The van der Waals surface area contributed by atoms with E-state index in [-0.39, 0.29) is 16.7 Å². The first kappa shape index (κ1) is 15.0. The molecule has 2 aromatic rings. The number of halogens is 1. The number of rotatable bonds is 3. The minimum atomic E-state index is -1.17. The summed E-state index contributed by atoms with van der Waals surface area (Å²) in [5.41, 5.74) is 0.927. The number of carboxylic acids is 1. The van der Waals surface area contributed by atoms with Crippen molar-refractivity contribution in [3.63, 3.8) is 0 Å². The molecule has 0 fully saturated rings. The molecule has 0 radical (unpaired) electrons. The van der Waals surface area contributed by atoms with Gasteiger partial charge in [-0.25, -0.2) is 9.18 Å². The average Bonchev–Trinajstić information content (AvgIpc) is 2.40. The van der Waals surface area contributed by atoms with E-state index in [0.717, 1.165) is 11.6 Å². The Bertz CT molecular complexity index is 672. The molecule has 0 aromatic heterocycles. The van der Waals surface area contributed by atoms with Gasteiger partial charge in [0.2, 0.25) is 0 Å². The molecule has 0 saturated carbocycles. The molecule has 0 saturated heterocycles. The Morgan fingerprint density at radius 1 is 1.14 bits per heavy atom. The molecular formula is C17H17FO3. The highest BCUT2D eigenvalue weighted by Crippen LogP contribution is 2.29. The first-order valence-corrected chi connectivity index (χ1v) is 6.58. The number of hydrogen-bond donors (Lipinski definition) is 1. The van der Waals surface area contributed by atoms with Gasteiger partial charge in [0.25, 0.3) is 0 Å². The Balaban J connectivity index is 2.28. The van der Waals surface area contributed by atoms with Crippen molar-refractivity contribution in [1.82, 2.24) is 0 Å². The summed E-state index contributed by atoms with van der Waals surface area (Å²) in [6, 6.07) is 11.0. The van der Waals surface area contributed by atoms with Crippen LogP contribution in [0.3, 0.4) is 0 Å². The van der Waals surface area contributed by atoms with Crippen molar-refractivity contribution >= 4 is 5.97 Å². The first-order chi connectivity index (χ1) is 9.77. The first-order valence-electron chi connectivity index (χ1n) is 6.58. The van der Waals surface area contributed by atoms with Gasteiger partial charge in [0.1, 0.15) is 5.75 Å². The Labute approximate surface area is 123 Å². The van der Waals surface area contributed by atoms with E-state index in [4.69, 9.17) is 9.84 Å². The topological polar surface area (TPSA) is 46.5 Å². The van der Waals surface area contributed by atoms with Crippen LogP contribution >= 0.6 is 0 Å². The van der Waals surface area contributed by atoms with Crippen molar-refractivity contribution in [1.29, 1.82) is 0 Å². The molecule has 4 heteroatoms. The lowest BCUT2D eigenvalue weighted by Gasteiger charge is -2.19. The van der Waals surface area contributed by atoms with Crippen LogP contribution in [0.15, 0.2) is 42.5 Å². The van der Waals surface area contributed by atoms with Gasteiger partial charge in [-0.15, -0.1) is 0 Å².